The minimum Gasteiger partial charge on any atom is -0.412 e. The summed E-state index contributed by atoms with van der Waals surface area (Å²) in [5.41, 5.74) is 1.23. The molecule has 2 heteroatoms. The van der Waals surface area contributed by atoms with Gasteiger partial charge < -0.3 is 4.43 Å². The third-order valence-corrected chi connectivity index (χ3v) is 5.50. The van der Waals surface area contributed by atoms with Crippen molar-refractivity contribution in [2.45, 2.75) is 78.1 Å². The topological polar surface area (TPSA) is 9.23 Å². The Morgan fingerprint density at radius 2 is 1.56 bits per heavy atom. The lowest BCUT2D eigenvalue weighted by Crippen LogP contribution is -2.38. The van der Waals surface area contributed by atoms with Gasteiger partial charge in [-0.1, -0.05) is 27.2 Å². The Hall–Kier alpha value is 0.177. The quantitative estimate of drug-likeness (QED) is 0.642. The molecule has 16 heavy (non-hydrogen) atoms. The van der Waals surface area contributed by atoms with Crippen LogP contribution in [0.3, 0.4) is 0 Å². The lowest BCUT2D eigenvalue weighted by molar-refractivity contribution is 0.0809. The van der Waals surface area contributed by atoms with E-state index in [4.69, 9.17) is 4.43 Å². The van der Waals surface area contributed by atoms with Crippen molar-refractivity contribution in [2.75, 3.05) is 0 Å². The van der Waals surface area contributed by atoms with Crippen molar-refractivity contribution in [3.8, 4) is 0 Å². The Bertz CT molecular complexity index is 292. The summed E-state index contributed by atoms with van der Waals surface area (Å²) in [5.74, 6) is 0. The van der Waals surface area contributed by atoms with E-state index in [2.05, 4.69) is 40.4 Å². The Labute approximate surface area is 102 Å². The zero-order valence-electron chi connectivity index (χ0n) is 11.9. The highest BCUT2D eigenvalue weighted by atomic mass is 28.4. The SMILES string of the molecule is CC1(C)CCC[C@]2(C)C[C@]2(O[Si](C)(C)C)C1. The largest absolute Gasteiger partial charge is 0.412 e. The maximum absolute atomic E-state index is 6.60. The number of hydrogen-bond acceptors (Lipinski definition) is 1. The van der Waals surface area contributed by atoms with E-state index in [0.717, 1.165) is 0 Å². The van der Waals surface area contributed by atoms with E-state index in [1.165, 1.54) is 32.1 Å². The van der Waals surface area contributed by atoms with Gasteiger partial charge in [0.05, 0.1) is 5.60 Å². The normalized spacial score (nSPS) is 42.4. The van der Waals surface area contributed by atoms with Crippen LogP contribution >= 0.6 is 0 Å². The van der Waals surface area contributed by atoms with E-state index >= 15 is 0 Å². The first-order valence-corrected chi connectivity index (χ1v) is 10.2. The smallest absolute Gasteiger partial charge is 0.184 e. The zero-order valence-corrected chi connectivity index (χ0v) is 12.9. The van der Waals surface area contributed by atoms with E-state index in [9.17, 15) is 0 Å². The van der Waals surface area contributed by atoms with Crippen LogP contribution in [0.25, 0.3) is 0 Å². The molecule has 0 N–H and O–H groups in total. The highest BCUT2D eigenvalue weighted by Gasteiger charge is 2.67. The monoisotopic (exact) mass is 240 g/mol. The Morgan fingerprint density at radius 3 is 2.12 bits per heavy atom. The summed E-state index contributed by atoms with van der Waals surface area (Å²) in [6, 6.07) is 0. The average molecular weight is 240 g/mol. The second-order valence-corrected chi connectivity index (χ2v) is 12.6. The Morgan fingerprint density at radius 1 is 0.938 bits per heavy atom. The van der Waals surface area contributed by atoms with Gasteiger partial charge in [0.25, 0.3) is 0 Å². The molecule has 0 unspecified atom stereocenters. The van der Waals surface area contributed by atoms with Crippen LogP contribution < -0.4 is 0 Å². The molecular weight excluding hydrogens is 212 g/mol. The van der Waals surface area contributed by atoms with Crippen molar-refractivity contribution < 1.29 is 4.43 Å². The molecule has 0 aromatic carbocycles. The molecule has 2 saturated carbocycles. The first-order chi connectivity index (χ1) is 7.08. The van der Waals surface area contributed by atoms with Gasteiger partial charge in [-0.05, 0) is 56.2 Å². The third kappa shape index (κ3) is 2.24. The molecule has 0 spiro atoms. The molecule has 2 aliphatic rings. The summed E-state index contributed by atoms with van der Waals surface area (Å²) in [6.07, 6.45) is 6.73. The summed E-state index contributed by atoms with van der Waals surface area (Å²) in [5, 5.41) is 0. The Balaban J connectivity index is 2.19. The lowest BCUT2D eigenvalue weighted by Gasteiger charge is -2.34. The molecule has 2 aliphatic carbocycles. The minimum absolute atomic E-state index is 0.247. The fraction of sp³-hybridized carbons (Fsp3) is 1.00. The zero-order chi connectivity index (χ0) is 12.2. The molecule has 0 aromatic heterocycles. The van der Waals surface area contributed by atoms with Gasteiger partial charge in [0.15, 0.2) is 8.32 Å². The third-order valence-electron chi connectivity index (χ3n) is 4.50. The van der Waals surface area contributed by atoms with Gasteiger partial charge in [-0.15, -0.1) is 0 Å². The predicted octanol–water partition coefficient (Wildman–Crippen LogP) is 4.59. The van der Waals surface area contributed by atoms with Crippen molar-refractivity contribution in [1.82, 2.24) is 0 Å². The van der Waals surface area contributed by atoms with Crippen LogP contribution in [0.2, 0.25) is 19.6 Å². The van der Waals surface area contributed by atoms with Crippen LogP contribution in [-0.4, -0.2) is 13.9 Å². The molecule has 94 valence electrons. The molecule has 2 rings (SSSR count). The van der Waals surface area contributed by atoms with Crippen LogP contribution in [0, 0.1) is 10.8 Å². The highest BCUT2D eigenvalue weighted by molar-refractivity contribution is 6.69. The summed E-state index contributed by atoms with van der Waals surface area (Å²) < 4.78 is 6.60. The van der Waals surface area contributed by atoms with E-state index in [0.29, 0.717) is 10.8 Å². The predicted molar refractivity (Wildman–Crippen MR) is 72.1 cm³/mol. The minimum atomic E-state index is -1.41. The molecule has 0 saturated heterocycles. The molecule has 0 radical (unpaired) electrons. The van der Waals surface area contributed by atoms with Crippen molar-refractivity contribution in [2.24, 2.45) is 10.8 Å². The van der Waals surface area contributed by atoms with E-state index in [-0.39, 0.29) is 5.60 Å². The first-order valence-electron chi connectivity index (χ1n) is 6.78. The van der Waals surface area contributed by atoms with Gasteiger partial charge in [0.2, 0.25) is 0 Å². The molecule has 0 aliphatic heterocycles. The second-order valence-electron chi connectivity index (χ2n) is 8.14. The molecule has 0 aromatic rings. The molecule has 0 heterocycles. The second kappa shape index (κ2) is 3.35. The van der Waals surface area contributed by atoms with Crippen LogP contribution in [0.4, 0.5) is 0 Å². The average Bonchev–Trinajstić information content (AvgIpc) is 2.47. The van der Waals surface area contributed by atoms with Crippen molar-refractivity contribution in [1.29, 1.82) is 0 Å². The first kappa shape index (κ1) is 12.6. The van der Waals surface area contributed by atoms with Crippen molar-refractivity contribution in [3.05, 3.63) is 0 Å². The molecule has 0 amide bonds. The fourth-order valence-corrected chi connectivity index (χ4v) is 5.34. The van der Waals surface area contributed by atoms with Crippen LogP contribution in [-0.2, 0) is 4.43 Å². The van der Waals surface area contributed by atoms with Crippen molar-refractivity contribution >= 4 is 8.32 Å². The number of hydrogen-bond donors (Lipinski definition) is 0. The molecule has 1 nitrogen and oxygen atoms in total. The summed E-state index contributed by atoms with van der Waals surface area (Å²) in [7, 11) is -1.41. The van der Waals surface area contributed by atoms with Gasteiger partial charge >= 0.3 is 0 Å². The molecule has 2 atom stereocenters. The van der Waals surface area contributed by atoms with Gasteiger partial charge in [-0.25, -0.2) is 0 Å². The Kier molecular flexibility index (Phi) is 2.64. The maximum Gasteiger partial charge on any atom is 0.184 e. The number of fused-ring (bicyclic) bond motifs is 1. The lowest BCUT2D eigenvalue weighted by atomic mass is 9.82. The van der Waals surface area contributed by atoms with Crippen LogP contribution in [0.5, 0.6) is 0 Å². The fourth-order valence-electron chi connectivity index (χ4n) is 3.78. The molecule has 2 fully saturated rings. The molecule has 0 bridgehead atoms. The molecular formula is C14H28OSi. The van der Waals surface area contributed by atoms with Crippen LogP contribution in [0.1, 0.15) is 52.9 Å². The van der Waals surface area contributed by atoms with Gasteiger partial charge in [-0.2, -0.15) is 0 Å². The summed E-state index contributed by atoms with van der Waals surface area (Å²) >= 11 is 0. The maximum atomic E-state index is 6.60. The van der Waals surface area contributed by atoms with Crippen molar-refractivity contribution in [3.63, 3.8) is 0 Å². The standard InChI is InChI=1S/C14H28OSi/c1-12(2)8-7-9-13(3)11-14(13,10-12)15-16(4,5)6/h7-11H2,1-6H3/t13-,14-/m1/s1. The number of rotatable bonds is 2. The summed E-state index contributed by atoms with van der Waals surface area (Å²) in [4.78, 5) is 0. The van der Waals surface area contributed by atoms with E-state index in [1.807, 2.05) is 0 Å². The van der Waals surface area contributed by atoms with E-state index < -0.39 is 8.32 Å². The van der Waals surface area contributed by atoms with E-state index in [1.54, 1.807) is 0 Å². The summed E-state index contributed by atoms with van der Waals surface area (Å²) in [6.45, 7) is 14.3. The highest BCUT2D eigenvalue weighted by Crippen LogP contribution is 2.68. The van der Waals surface area contributed by atoms with Gasteiger partial charge in [0, 0.05) is 0 Å². The van der Waals surface area contributed by atoms with Gasteiger partial charge in [0.1, 0.15) is 0 Å². The van der Waals surface area contributed by atoms with Crippen LogP contribution in [0.15, 0.2) is 0 Å². The van der Waals surface area contributed by atoms with Gasteiger partial charge in [-0.3, -0.25) is 0 Å².